The van der Waals surface area contributed by atoms with Crippen LogP contribution in [0.15, 0.2) is 64.8 Å². The molecule has 6 heteroatoms. The molecule has 1 atom stereocenters. The van der Waals surface area contributed by atoms with Crippen LogP contribution in [0.4, 0.5) is 0 Å². The molecule has 0 aliphatic carbocycles. The highest BCUT2D eigenvalue weighted by atomic mass is 32.1. The maximum atomic E-state index is 13.5. The van der Waals surface area contributed by atoms with Crippen molar-refractivity contribution in [2.75, 3.05) is 0 Å². The molecule has 1 unspecified atom stereocenters. The first kappa shape index (κ1) is 18.1. The number of aryl methyl sites for hydroxylation is 1. The van der Waals surface area contributed by atoms with Crippen LogP contribution in [0, 0.1) is 6.92 Å². The lowest BCUT2D eigenvalue weighted by Crippen LogP contribution is -2.33. The van der Waals surface area contributed by atoms with Gasteiger partial charge in [0.1, 0.15) is 16.7 Å². The van der Waals surface area contributed by atoms with Crippen LogP contribution < -0.4 is 11.3 Å². The summed E-state index contributed by atoms with van der Waals surface area (Å²) in [6.07, 6.45) is 0. The number of nitrogens with zero attached hydrogens (tertiary/aromatic N) is 2. The number of benzene rings is 2. The van der Waals surface area contributed by atoms with Gasteiger partial charge in [-0.3, -0.25) is 14.2 Å². The van der Waals surface area contributed by atoms with Gasteiger partial charge in [0, 0.05) is 16.5 Å². The molecule has 0 radical (unpaired) electrons. The number of aromatic nitrogens is 2. The Hall–Kier alpha value is -3.25. The fourth-order valence-electron chi connectivity index (χ4n) is 3.31. The largest absolute Gasteiger partial charge is 0.368 e. The van der Waals surface area contributed by atoms with E-state index in [-0.39, 0.29) is 5.56 Å². The van der Waals surface area contributed by atoms with Crippen LogP contribution in [-0.4, -0.2) is 15.5 Å². The average molecular weight is 389 g/mol. The smallest absolute Gasteiger partial charge is 0.263 e. The fourth-order valence-corrected chi connectivity index (χ4v) is 4.25. The predicted molar refractivity (Wildman–Crippen MR) is 113 cm³/mol. The van der Waals surface area contributed by atoms with Gasteiger partial charge in [0.25, 0.3) is 5.56 Å². The van der Waals surface area contributed by atoms with Gasteiger partial charge in [0.15, 0.2) is 0 Å². The van der Waals surface area contributed by atoms with Crippen molar-refractivity contribution >= 4 is 27.5 Å². The molecule has 0 aliphatic rings. The Labute approximate surface area is 166 Å². The molecule has 0 bridgehead atoms. The third-order valence-electron chi connectivity index (χ3n) is 4.80. The highest BCUT2D eigenvalue weighted by Gasteiger charge is 2.23. The molecule has 0 aliphatic heterocycles. The van der Waals surface area contributed by atoms with Crippen molar-refractivity contribution in [3.63, 3.8) is 0 Å². The molecular weight excluding hydrogens is 370 g/mol. The second kappa shape index (κ2) is 7.05. The molecule has 2 aromatic carbocycles. The normalized spacial score (nSPS) is 12.2. The van der Waals surface area contributed by atoms with E-state index in [0.29, 0.717) is 16.0 Å². The van der Waals surface area contributed by atoms with Crippen molar-refractivity contribution in [2.45, 2.75) is 19.9 Å². The number of fused-ring (bicyclic) bond motifs is 1. The van der Waals surface area contributed by atoms with E-state index in [1.807, 2.05) is 66.9 Å². The molecule has 0 saturated carbocycles. The molecular formula is C22H19N3O2S. The third kappa shape index (κ3) is 3.01. The Bertz CT molecular complexity index is 1240. The SMILES string of the molecule is Cc1cccc(-c2nc3scc(-c4ccccc4)c3c(=O)n2C(C)C(N)=O)c1. The van der Waals surface area contributed by atoms with Crippen LogP contribution in [0.5, 0.6) is 0 Å². The van der Waals surface area contributed by atoms with E-state index in [0.717, 1.165) is 22.3 Å². The summed E-state index contributed by atoms with van der Waals surface area (Å²) >= 11 is 1.42. The van der Waals surface area contributed by atoms with Crippen LogP contribution >= 0.6 is 11.3 Å². The summed E-state index contributed by atoms with van der Waals surface area (Å²) in [7, 11) is 0. The topological polar surface area (TPSA) is 78.0 Å². The summed E-state index contributed by atoms with van der Waals surface area (Å²) in [4.78, 5) is 30.9. The number of carbonyl (C=O) groups is 1. The van der Waals surface area contributed by atoms with E-state index in [2.05, 4.69) is 0 Å². The highest BCUT2D eigenvalue weighted by Crippen LogP contribution is 2.33. The predicted octanol–water partition coefficient (Wildman–Crippen LogP) is 4.15. The molecule has 4 aromatic rings. The van der Waals surface area contributed by atoms with Gasteiger partial charge in [-0.25, -0.2) is 4.98 Å². The lowest BCUT2D eigenvalue weighted by molar-refractivity contribution is -0.120. The standard InChI is InChI=1S/C22H19N3O2S/c1-13-7-6-10-16(11-13)20-24-21-18(22(27)25(20)14(2)19(23)26)17(12-28-21)15-8-4-3-5-9-15/h3-12,14H,1-2H3,(H2,23,26). The monoisotopic (exact) mass is 389 g/mol. The zero-order chi connectivity index (χ0) is 19.8. The quantitative estimate of drug-likeness (QED) is 0.570. The number of hydrogen-bond acceptors (Lipinski definition) is 4. The lowest BCUT2D eigenvalue weighted by Gasteiger charge is -2.17. The average Bonchev–Trinajstić information content (AvgIpc) is 3.12. The number of nitrogens with two attached hydrogens (primary N) is 1. The van der Waals surface area contributed by atoms with Crippen molar-refractivity contribution in [2.24, 2.45) is 5.73 Å². The molecule has 1 amide bonds. The van der Waals surface area contributed by atoms with E-state index in [9.17, 15) is 9.59 Å². The minimum atomic E-state index is -0.816. The first-order valence-electron chi connectivity index (χ1n) is 8.93. The van der Waals surface area contributed by atoms with E-state index in [1.165, 1.54) is 15.9 Å². The first-order valence-corrected chi connectivity index (χ1v) is 9.81. The number of rotatable bonds is 4. The van der Waals surface area contributed by atoms with Crippen LogP contribution in [0.2, 0.25) is 0 Å². The second-order valence-electron chi connectivity index (χ2n) is 6.75. The van der Waals surface area contributed by atoms with E-state index >= 15 is 0 Å². The van der Waals surface area contributed by atoms with Crippen molar-refractivity contribution in [3.05, 3.63) is 75.9 Å². The summed E-state index contributed by atoms with van der Waals surface area (Å²) in [6, 6.07) is 16.6. The van der Waals surface area contributed by atoms with Gasteiger partial charge in [0.05, 0.1) is 5.39 Å². The van der Waals surface area contributed by atoms with Gasteiger partial charge in [-0.2, -0.15) is 0 Å². The van der Waals surface area contributed by atoms with E-state index in [4.69, 9.17) is 10.7 Å². The van der Waals surface area contributed by atoms with Gasteiger partial charge in [-0.1, -0.05) is 54.1 Å². The van der Waals surface area contributed by atoms with Crippen molar-refractivity contribution in [1.29, 1.82) is 0 Å². The lowest BCUT2D eigenvalue weighted by atomic mass is 10.1. The van der Waals surface area contributed by atoms with Crippen LogP contribution in [0.1, 0.15) is 18.5 Å². The highest BCUT2D eigenvalue weighted by molar-refractivity contribution is 7.17. The molecule has 0 spiro atoms. The zero-order valence-electron chi connectivity index (χ0n) is 15.5. The van der Waals surface area contributed by atoms with Gasteiger partial charge < -0.3 is 5.73 Å². The molecule has 5 nitrogen and oxygen atoms in total. The van der Waals surface area contributed by atoms with Gasteiger partial charge in [-0.05, 0) is 25.5 Å². The first-order chi connectivity index (χ1) is 13.5. The summed E-state index contributed by atoms with van der Waals surface area (Å²) in [5.41, 5.74) is 8.88. The molecule has 140 valence electrons. The molecule has 0 saturated heterocycles. The number of amides is 1. The third-order valence-corrected chi connectivity index (χ3v) is 5.67. The number of thiophene rings is 1. The molecule has 28 heavy (non-hydrogen) atoms. The van der Waals surface area contributed by atoms with Crippen LogP contribution in [-0.2, 0) is 4.79 Å². The Morgan fingerprint density at radius 2 is 1.82 bits per heavy atom. The van der Waals surface area contributed by atoms with E-state index in [1.54, 1.807) is 6.92 Å². The Balaban J connectivity index is 2.07. The van der Waals surface area contributed by atoms with Gasteiger partial charge in [-0.15, -0.1) is 11.3 Å². The molecule has 2 N–H and O–H groups in total. The minimum Gasteiger partial charge on any atom is -0.368 e. The molecule has 4 rings (SSSR count). The minimum absolute atomic E-state index is 0.257. The molecule has 2 heterocycles. The maximum Gasteiger partial charge on any atom is 0.263 e. The maximum absolute atomic E-state index is 13.5. The summed E-state index contributed by atoms with van der Waals surface area (Å²) in [5.74, 6) is -0.123. The van der Waals surface area contributed by atoms with Gasteiger partial charge in [0.2, 0.25) is 5.91 Å². The van der Waals surface area contributed by atoms with Crippen molar-refractivity contribution < 1.29 is 4.79 Å². The Kier molecular flexibility index (Phi) is 4.57. The number of carbonyl (C=O) groups excluding carboxylic acids is 1. The Morgan fingerprint density at radius 1 is 1.11 bits per heavy atom. The molecule has 0 fully saturated rings. The molecule has 2 aromatic heterocycles. The van der Waals surface area contributed by atoms with Gasteiger partial charge >= 0.3 is 0 Å². The summed E-state index contributed by atoms with van der Waals surface area (Å²) in [5, 5.41) is 2.45. The van der Waals surface area contributed by atoms with Crippen LogP contribution in [0.3, 0.4) is 0 Å². The second-order valence-corrected chi connectivity index (χ2v) is 7.61. The summed E-state index contributed by atoms with van der Waals surface area (Å²) < 4.78 is 1.42. The zero-order valence-corrected chi connectivity index (χ0v) is 16.4. The van der Waals surface area contributed by atoms with E-state index < -0.39 is 11.9 Å². The number of hydrogen-bond donors (Lipinski definition) is 1. The Morgan fingerprint density at radius 3 is 2.50 bits per heavy atom. The fraction of sp³-hybridized carbons (Fsp3) is 0.136. The van der Waals surface area contributed by atoms with Crippen LogP contribution in [0.25, 0.3) is 32.7 Å². The number of primary amides is 1. The van der Waals surface area contributed by atoms with Crippen molar-refractivity contribution in [3.8, 4) is 22.5 Å². The van der Waals surface area contributed by atoms with Crippen molar-refractivity contribution in [1.82, 2.24) is 9.55 Å². The summed E-state index contributed by atoms with van der Waals surface area (Å²) in [6.45, 7) is 3.60.